The van der Waals surface area contributed by atoms with Crippen LogP contribution in [0.3, 0.4) is 0 Å². The van der Waals surface area contributed by atoms with Gasteiger partial charge in [0.1, 0.15) is 6.61 Å². The van der Waals surface area contributed by atoms with E-state index in [-0.39, 0.29) is 12.6 Å². The summed E-state index contributed by atoms with van der Waals surface area (Å²) in [6.07, 6.45) is 3.93. The number of hydrogen-bond acceptors (Lipinski definition) is 4. The van der Waals surface area contributed by atoms with Crippen molar-refractivity contribution in [2.75, 3.05) is 0 Å². The lowest BCUT2D eigenvalue weighted by atomic mass is 10.2. The summed E-state index contributed by atoms with van der Waals surface area (Å²) in [4.78, 5) is 29.7. The van der Waals surface area contributed by atoms with Crippen LogP contribution < -0.4 is 0 Å². The molecule has 0 radical (unpaired) electrons. The highest BCUT2D eigenvalue weighted by Gasteiger charge is 2.43. The molecule has 1 heterocycles. The van der Waals surface area contributed by atoms with Gasteiger partial charge in [-0.1, -0.05) is 30.3 Å². The number of imidazole rings is 1. The molecule has 1 amide bonds. The first-order valence-corrected chi connectivity index (χ1v) is 7.76. The molecule has 7 nitrogen and oxygen atoms in total. The fourth-order valence-corrected chi connectivity index (χ4v) is 2.63. The highest BCUT2D eigenvalue weighted by atomic mass is 16.6. The molecule has 1 unspecified atom stereocenters. The zero-order chi connectivity index (χ0) is 17.1. The smallest absolute Gasteiger partial charge is 0.411 e. The second-order valence-corrected chi connectivity index (χ2v) is 5.85. The molecule has 126 valence electrons. The summed E-state index contributed by atoms with van der Waals surface area (Å²) in [6.45, 7) is 0.112. The summed E-state index contributed by atoms with van der Waals surface area (Å²) in [6, 6.07) is 8.09. The van der Waals surface area contributed by atoms with Gasteiger partial charge in [-0.2, -0.15) is 0 Å². The number of amides is 1. The summed E-state index contributed by atoms with van der Waals surface area (Å²) in [7, 11) is 1.71. The van der Waals surface area contributed by atoms with Gasteiger partial charge >= 0.3 is 12.1 Å². The SMILES string of the molecule is Cn1cncc1C(C(=O)O)N(C(=O)OCc1ccccc1)C1CC1. The number of nitrogens with zero attached hydrogens (tertiary/aromatic N) is 3. The topological polar surface area (TPSA) is 84.7 Å². The average molecular weight is 329 g/mol. The monoisotopic (exact) mass is 329 g/mol. The molecule has 1 saturated carbocycles. The molecule has 0 saturated heterocycles. The Labute approximate surface area is 139 Å². The van der Waals surface area contributed by atoms with E-state index in [0.29, 0.717) is 5.69 Å². The Morgan fingerprint density at radius 3 is 2.62 bits per heavy atom. The number of carboxylic acids is 1. The maximum atomic E-state index is 12.6. The third-order valence-electron chi connectivity index (χ3n) is 4.00. The zero-order valence-electron chi connectivity index (χ0n) is 13.3. The molecule has 1 aliphatic carbocycles. The average Bonchev–Trinajstić information content (AvgIpc) is 3.32. The van der Waals surface area contributed by atoms with Crippen molar-refractivity contribution in [1.29, 1.82) is 0 Å². The van der Waals surface area contributed by atoms with Crippen LogP contribution in [0.15, 0.2) is 42.9 Å². The lowest BCUT2D eigenvalue weighted by Crippen LogP contribution is -2.41. The van der Waals surface area contributed by atoms with Gasteiger partial charge in [-0.25, -0.2) is 14.6 Å². The summed E-state index contributed by atoms with van der Waals surface area (Å²) >= 11 is 0. The normalized spacial score (nSPS) is 14.9. The van der Waals surface area contributed by atoms with Crippen LogP contribution in [0.2, 0.25) is 0 Å². The Morgan fingerprint density at radius 1 is 1.38 bits per heavy atom. The molecule has 0 spiro atoms. The standard InChI is InChI=1S/C17H19N3O4/c1-19-11-18-9-14(19)15(16(21)22)20(13-7-8-13)17(23)24-10-12-5-3-2-4-6-12/h2-6,9,11,13,15H,7-8,10H2,1H3,(H,21,22). The molecule has 2 aromatic rings. The molecular formula is C17H19N3O4. The number of aromatic nitrogens is 2. The van der Waals surface area contributed by atoms with Crippen LogP contribution in [0.5, 0.6) is 0 Å². The van der Waals surface area contributed by atoms with Crippen molar-refractivity contribution in [3.8, 4) is 0 Å². The van der Waals surface area contributed by atoms with Crippen molar-refractivity contribution in [2.24, 2.45) is 7.05 Å². The van der Waals surface area contributed by atoms with E-state index < -0.39 is 18.1 Å². The van der Waals surface area contributed by atoms with Gasteiger partial charge in [0.15, 0.2) is 6.04 Å². The van der Waals surface area contributed by atoms with Crippen molar-refractivity contribution in [3.63, 3.8) is 0 Å². The Hall–Kier alpha value is -2.83. The molecular weight excluding hydrogens is 310 g/mol. The fraction of sp³-hybridized carbons (Fsp3) is 0.353. The predicted molar refractivity (Wildman–Crippen MR) is 85.1 cm³/mol. The highest BCUT2D eigenvalue weighted by molar-refractivity contribution is 5.81. The van der Waals surface area contributed by atoms with E-state index in [0.717, 1.165) is 18.4 Å². The van der Waals surface area contributed by atoms with E-state index in [1.165, 1.54) is 17.4 Å². The van der Waals surface area contributed by atoms with Crippen molar-refractivity contribution in [3.05, 3.63) is 54.1 Å². The molecule has 7 heteroatoms. The Balaban J connectivity index is 1.79. The number of aryl methyl sites for hydroxylation is 1. The first-order valence-electron chi connectivity index (χ1n) is 7.76. The number of rotatable bonds is 6. The molecule has 1 fully saturated rings. The number of hydrogen-bond donors (Lipinski definition) is 1. The fourth-order valence-electron chi connectivity index (χ4n) is 2.63. The minimum atomic E-state index is -1.10. The van der Waals surface area contributed by atoms with E-state index in [9.17, 15) is 14.7 Å². The van der Waals surface area contributed by atoms with Gasteiger partial charge in [0.2, 0.25) is 0 Å². The molecule has 0 bridgehead atoms. The second kappa shape index (κ2) is 6.74. The largest absolute Gasteiger partial charge is 0.479 e. The van der Waals surface area contributed by atoms with E-state index >= 15 is 0 Å². The van der Waals surface area contributed by atoms with Gasteiger partial charge in [0.05, 0.1) is 18.2 Å². The summed E-state index contributed by atoms with van der Waals surface area (Å²) in [5.74, 6) is -1.10. The number of carboxylic acid groups (broad SMARTS) is 1. The zero-order valence-corrected chi connectivity index (χ0v) is 13.3. The summed E-state index contributed by atoms with van der Waals surface area (Å²) in [5.41, 5.74) is 1.31. The quantitative estimate of drug-likeness (QED) is 0.879. The van der Waals surface area contributed by atoms with E-state index in [4.69, 9.17) is 4.74 Å². The molecule has 1 N–H and O–H groups in total. The molecule has 24 heavy (non-hydrogen) atoms. The van der Waals surface area contributed by atoms with Gasteiger partial charge in [0.25, 0.3) is 0 Å². The number of aliphatic carboxylic acids is 1. The number of benzene rings is 1. The van der Waals surface area contributed by atoms with Crippen LogP contribution in [0, 0.1) is 0 Å². The van der Waals surface area contributed by atoms with Crippen LogP contribution in [0.1, 0.15) is 30.1 Å². The molecule has 0 aliphatic heterocycles. The maximum Gasteiger partial charge on any atom is 0.411 e. The van der Waals surface area contributed by atoms with Crippen molar-refractivity contribution in [2.45, 2.75) is 31.5 Å². The molecule has 1 aromatic carbocycles. The first-order chi connectivity index (χ1) is 11.6. The first kappa shape index (κ1) is 16.0. The molecule has 1 atom stereocenters. The van der Waals surface area contributed by atoms with Gasteiger partial charge < -0.3 is 14.4 Å². The van der Waals surface area contributed by atoms with Gasteiger partial charge in [-0.05, 0) is 18.4 Å². The van der Waals surface area contributed by atoms with Crippen molar-refractivity contribution < 1.29 is 19.4 Å². The lowest BCUT2D eigenvalue weighted by Gasteiger charge is -2.28. The van der Waals surface area contributed by atoms with Crippen LogP contribution in [0.4, 0.5) is 4.79 Å². The molecule has 1 aliphatic rings. The van der Waals surface area contributed by atoms with Gasteiger partial charge in [-0.3, -0.25) is 4.90 Å². The third-order valence-corrected chi connectivity index (χ3v) is 4.00. The Bertz CT molecular complexity index is 724. The van der Waals surface area contributed by atoms with Crippen LogP contribution in [-0.2, 0) is 23.2 Å². The number of ether oxygens (including phenoxy) is 1. The second-order valence-electron chi connectivity index (χ2n) is 5.85. The molecule has 1 aromatic heterocycles. The van der Waals surface area contributed by atoms with Crippen molar-refractivity contribution >= 4 is 12.1 Å². The van der Waals surface area contributed by atoms with E-state index in [1.807, 2.05) is 30.3 Å². The van der Waals surface area contributed by atoms with E-state index in [1.54, 1.807) is 11.6 Å². The highest BCUT2D eigenvalue weighted by Crippen LogP contribution is 2.35. The summed E-state index contributed by atoms with van der Waals surface area (Å²) in [5, 5.41) is 9.66. The lowest BCUT2D eigenvalue weighted by molar-refractivity contribution is -0.143. The number of carbonyl (C=O) groups excluding carboxylic acids is 1. The van der Waals surface area contributed by atoms with Gasteiger partial charge in [0, 0.05) is 13.1 Å². The van der Waals surface area contributed by atoms with Crippen LogP contribution in [-0.4, -0.2) is 37.7 Å². The minimum absolute atomic E-state index is 0.107. The van der Waals surface area contributed by atoms with Crippen LogP contribution in [0.25, 0.3) is 0 Å². The third kappa shape index (κ3) is 3.40. The predicted octanol–water partition coefficient (Wildman–Crippen LogP) is 2.35. The maximum absolute atomic E-state index is 12.6. The van der Waals surface area contributed by atoms with Crippen molar-refractivity contribution in [1.82, 2.24) is 14.5 Å². The number of carbonyl (C=O) groups is 2. The minimum Gasteiger partial charge on any atom is -0.479 e. The molecule has 3 rings (SSSR count). The Morgan fingerprint density at radius 2 is 2.08 bits per heavy atom. The summed E-state index contributed by atoms with van der Waals surface area (Å²) < 4.78 is 6.96. The van der Waals surface area contributed by atoms with Gasteiger partial charge in [-0.15, -0.1) is 0 Å². The Kier molecular flexibility index (Phi) is 4.50. The van der Waals surface area contributed by atoms with Crippen LogP contribution >= 0.6 is 0 Å². The van der Waals surface area contributed by atoms with E-state index in [2.05, 4.69) is 4.98 Å².